The second kappa shape index (κ2) is 8.16. The van der Waals surface area contributed by atoms with E-state index in [0.29, 0.717) is 6.54 Å². The normalized spacial score (nSPS) is 13.2. The highest BCUT2D eigenvalue weighted by Crippen LogP contribution is 2.23. The van der Waals surface area contributed by atoms with Crippen molar-refractivity contribution in [3.05, 3.63) is 83.0 Å². The molecule has 0 aliphatic carbocycles. The molecule has 1 aliphatic heterocycles. The fraction of sp³-hybridized carbons (Fsp3) is 0.241. The molecule has 4 heterocycles. The standard InChI is InChI=1S/C29H27N5O2/c1-5-25-21-10-9-20(16-26(21)34(25)28(35)36-29(2,3)4)23-12-13-24-27(31-23)33(32-24)17-18-8-11-22-19(15-18)7-6-14-30-22/h6-16H,5,17H2,1-4H3/p+1. The van der Waals surface area contributed by atoms with E-state index in [-0.39, 0.29) is 6.09 Å². The maximum absolute atomic E-state index is 12.9. The Balaban J connectivity index is 1.34. The van der Waals surface area contributed by atoms with E-state index >= 15 is 0 Å². The first-order valence-electron chi connectivity index (χ1n) is 12.2. The number of aromatic nitrogens is 4. The van der Waals surface area contributed by atoms with E-state index in [1.807, 2.05) is 55.9 Å². The first-order chi connectivity index (χ1) is 17.3. The maximum atomic E-state index is 12.9. The SMILES string of the molecule is CCC1=c2ccc(-c3ccc4[nH]n(Cc5ccc6ncccc6c5)c4n3)cc2=[N+]1C(=O)OC(C)(C)C. The maximum Gasteiger partial charge on any atom is 0.603 e. The highest BCUT2D eigenvalue weighted by atomic mass is 16.6. The molecular weight excluding hydrogens is 450 g/mol. The number of ether oxygens (including phenoxy) is 1. The lowest BCUT2D eigenvalue weighted by Crippen LogP contribution is -2.55. The van der Waals surface area contributed by atoms with Crippen LogP contribution in [0.1, 0.15) is 39.7 Å². The molecule has 0 saturated carbocycles. The molecule has 3 aromatic heterocycles. The predicted molar refractivity (Wildman–Crippen MR) is 141 cm³/mol. The van der Waals surface area contributed by atoms with Gasteiger partial charge in [-0.3, -0.25) is 14.8 Å². The third-order valence-corrected chi connectivity index (χ3v) is 6.42. The third kappa shape index (κ3) is 3.77. The Morgan fingerprint density at radius 3 is 2.75 bits per heavy atom. The Bertz CT molecular complexity index is 1790. The van der Waals surface area contributed by atoms with E-state index in [0.717, 1.165) is 56.0 Å². The highest BCUT2D eigenvalue weighted by molar-refractivity contribution is 5.82. The van der Waals surface area contributed by atoms with Crippen LogP contribution in [0.3, 0.4) is 0 Å². The van der Waals surface area contributed by atoms with Gasteiger partial charge in [0.05, 0.1) is 23.3 Å². The minimum atomic E-state index is -0.551. The zero-order chi connectivity index (χ0) is 25.0. The third-order valence-electron chi connectivity index (χ3n) is 6.42. The van der Waals surface area contributed by atoms with Gasteiger partial charge in [0.15, 0.2) is 5.65 Å². The lowest BCUT2D eigenvalue weighted by atomic mass is 10.0. The van der Waals surface area contributed by atoms with Crippen molar-refractivity contribution < 1.29 is 9.53 Å². The Morgan fingerprint density at radius 1 is 1.08 bits per heavy atom. The zero-order valence-corrected chi connectivity index (χ0v) is 20.9. The number of carbonyl (C=O) groups excluding carboxylic acids is 1. The van der Waals surface area contributed by atoms with Crippen LogP contribution in [0.15, 0.2) is 66.9 Å². The van der Waals surface area contributed by atoms with Gasteiger partial charge in [0.25, 0.3) is 0 Å². The summed E-state index contributed by atoms with van der Waals surface area (Å²) in [6, 6.07) is 20.6. The summed E-state index contributed by atoms with van der Waals surface area (Å²) in [7, 11) is 0. The van der Waals surface area contributed by atoms with Crippen LogP contribution in [-0.4, -0.2) is 31.4 Å². The highest BCUT2D eigenvalue weighted by Gasteiger charge is 2.36. The number of H-pyrrole nitrogens is 1. The molecule has 0 unspecified atom stereocenters. The smallest absolute Gasteiger partial charge is 0.406 e. The van der Waals surface area contributed by atoms with Gasteiger partial charge in [-0.1, -0.05) is 29.7 Å². The van der Waals surface area contributed by atoms with Gasteiger partial charge in [0, 0.05) is 29.6 Å². The van der Waals surface area contributed by atoms with Crippen molar-refractivity contribution in [2.45, 2.75) is 46.3 Å². The summed E-state index contributed by atoms with van der Waals surface area (Å²) in [6.45, 7) is 8.39. The van der Waals surface area contributed by atoms with Crippen LogP contribution < -0.4 is 15.2 Å². The van der Waals surface area contributed by atoms with E-state index in [2.05, 4.69) is 53.4 Å². The fourth-order valence-corrected chi connectivity index (χ4v) is 4.77. The molecule has 1 N–H and O–H groups in total. The monoisotopic (exact) mass is 478 g/mol. The molecule has 1 aliphatic rings. The van der Waals surface area contributed by atoms with Gasteiger partial charge in [-0.25, -0.2) is 4.98 Å². The second-order valence-electron chi connectivity index (χ2n) is 10.1. The van der Waals surface area contributed by atoms with Crippen LogP contribution in [0.5, 0.6) is 0 Å². The second-order valence-corrected chi connectivity index (χ2v) is 10.1. The average Bonchev–Trinajstić information content (AvgIpc) is 2.82. The van der Waals surface area contributed by atoms with E-state index in [4.69, 9.17) is 9.72 Å². The molecule has 0 atom stereocenters. The molecule has 36 heavy (non-hydrogen) atoms. The molecule has 6 rings (SSSR count). The van der Waals surface area contributed by atoms with Crippen molar-refractivity contribution in [3.63, 3.8) is 0 Å². The van der Waals surface area contributed by atoms with Crippen molar-refractivity contribution in [3.8, 4) is 11.3 Å². The van der Waals surface area contributed by atoms with Gasteiger partial charge in [-0.2, -0.15) is 4.79 Å². The van der Waals surface area contributed by atoms with Crippen LogP contribution in [-0.2, 0) is 11.3 Å². The lowest BCUT2D eigenvalue weighted by Gasteiger charge is -2.19. The molecule has 2 aromatic carbocycles. The summed E-state index contributed by atoms with van der Waals surface area (Å²) >= 11 is 0. The molecule has 5 aromatic rings. The summed E-state index contributed by atoms with van der Waals surface area (Å²) < 4.78 is 9.39. The molecule has 7 nitrogen and oxygen atoms in total. The van der Waals surface area contributed by atoms with Gasteiger partial charge in [-0.15, -0.1) is 0 Å². The Kier molecular flexibility index (Phi) is 5.03. The molecule has 0 bridgehead atoms. The topological polar surface area (TPSA) is 75.8 Å². The molecule has 0 fully saturated rings. The zero-order valence-electron chi connectivity index (χ0n) is 20.9. The van der Waals surface area contributed by atoms with E-state index < -0.39 is 5.60 Å². The Labute approximate surface area is 208 Å². The summed E-state index contributed by atoms with van der Waals surface area (Å²) in [4.78, 5) is 22.2. The first-order valence-corrected chi connectivity index (χ1v) is 12.2. The lowest BCUT2D eigenvalue weighted by molar-refractivity contribution is 0.0511. The van der Waals surface area contributed by atoms with Crippen LogP contribution in [0.4, 0.5) is 4.79 Å². The minimum Gasteiger partial charge on any atom is -0.406 e. The van der Waals surface area contributed by atoms with Crippen molar-refractivity contribution in [2.75, 3.05) is 0 Å². The van der Waals surface area contributed by atoms with Crippen LogP contribution in [0.25, 0.3) is 39.0 Å². The summed E-state index contributed by atoms with van der Waals surface area (Å²) in [6.07, 6.45) is 2.23. The van der Waals surface area contributed by atoms with Crippen molar-refractivity contribution in [1.82, 2.24) is 24.3 Å². The van der Waals surface area contributed by atoms with Crippen molar-refractivity contribution in [2.24, 2.45) is 0 Å². The number of amides is 1. The van der Waals surface area contributed by atoms with Gasteiger partial charge in [-0.05, 0) is 62.7 Å². The molecule has 180 valence electrons. The van der Waals surface area contributed by atoms with Gasteiger partial charge >= 0.3 is 6.09 Å². The molecule has 1 amide bonds. The van der Waals surface area contributed by atoms with E-state index in [9.17, 15) is 4.79 Å². The number of pyridine rings is 2. The summed E-state index contributed by atoms with van der Waals surface area (Å²) in [5, 5.41) is 6.44. The van der Waals surface area contributed by atoms with E-state index in [1.165, 1.54) is 5.56 Å². The average molecular weight is 479 g/mol. The summed E-state index contributed by atoms with van der Waals surface area (Å²) in [5.41, 5.74) is 6.33. The fourth-order valence-electron chi connectivity index (χ4n) is 4.77. The van der Waals surface area contributed by atoms with Crippen molar-refractivity contribution >= 4 is 33.9 Å². The molecular formula is C29H28N5O2+. The number of nitrogens with zero attached hydrogens (tertiary/aromatic N) is 4. The van der Waals surface area contributed by atoms with Gasteiger partial charge in [0.2, 0.25) is 11.1 Å². The first kappa shape index (κ1) is 22.2. The number of fused-ring (bicyclic) bond motifs is 3. The molecule has 7 heteroatoms. The quantitative estimate of drug-likeness (QED) is 0.384. The van der Waals surface area contributed by atoms with Crippen molar-refractivity contribution in [1.29, 1.82) is 0 Å². The van der Waals surface area contributed by atoms with Crippen LogP contribution >= 0.6 is 0 Å². The Hall–Kier alpha value is -4.26. The number of nitrogens with one attached hydrogen (secondary N) is 1. The van der Waals surface area contributed by atoms with Crippen LogP contribution in [0.2, 0.25) is 0 Å². The molecule has 0 spiro atoms. The Morgan fingerprint density at radius 2 is 1.94 bits per heavy atom. The number of hydrogen-bond acceptors (Lipinski definition) is 4. The largest absolute Gasteiger partial charge is 0.603 e. The molecule has 0 saturated heterocycles. The number of aromatic amines is 1. The van der Waals surface area contributed by atoms with E-state index in [1.54, 1.807) is 4.58 Å². The number of carbonyl (C=O) groups is 1. The number of hydrogen-bond donors (Lipinski definition) is 1. The minimum absolute atomic E-state index is 0.338. The number of rotatable bonds is 4. The summed E-state index contributed by atoms with van der Waals surface area (Å²) in [5.74, 6) is 0. The number of benzene rings is 2. The van der Waals surface area contributed by atoms with Gasteiger partial charge in [0.1, 0.15) is 10.8 Å². The van der Waals surface area contributed by atoms with Gasteiger partial charge < -0.3 is 4.74 Å². The predicted octanol–water partition coefficient (Wildman–Crippen LogP) is 4.59. The van der Waals surface area contributed by atoms with Crippen LogP contribution in [0, 0.1) is 0 Å². The molecule has 0 radical (unpaired) electrons.